The molecule has 0 saturated heterocycles. The highest BCUT2D eigenvalue weighted by atomic mass is 35.5. The minimum atomic E-state index is 0.00976. The van der Waals surface area contributed by atoms with Gasteiger partial charge in [-0.2, -0.15) is 0 Å². The van der Waals surface area contributed by atoms with Gasteiger partial charge in [0.25, 0.3) is 0 Å². The Labute approximate surface area is 154 Å². The van der Waals surface area contributed by atoms with Gasteiger partial charge in [-0.15, -0.1) is 0 Å². The van der Waals surface area contributed by atoms with Crippen LogP contribution < -0.4 is 14.8 Å². The van der Waals surface area contributed by atoms with E-state index in [-0.39, 0.29) is 6.03 Å². The van der Waals surface area contributed by atoms with Crippen molar-refractivity contribution in [3.05, 3.63) is 22.7 Å². The van der Waals surface area contributed by atoms with Gasteiger partial charge in [0.15, 0.2) is 11.5 Å². The molecule has 1 aromatic carbocycles. The monoisotopic (exact) mass is 366 g/mol. The van der Waals surface area contributed by atoms with E-state index in [2.05, 4.69) is 5.32 Å². The number of nitrogens with one attached hydrogen (secondary N) is 1. The number of urea groups is 1. The zero-order chi connectivity index (χ0) is 17.6. The average Bonchev–Trinajstić information content (AvgIpc) is 2.90. The largest absolute Gasteiger partial charge is 0.486 e. The Morgan fingerprint density at radius 1 is 1.20 bits per heavy atom. The van der Waals surface area contributed by atoms with Crippen molar-refractivity contribution < 1.29 is 14.3 Å². The van der Waals surface area contributed by atoms with Crippen molar-refractivity contribution in [1.29, 1.82) is 0 Å². The van der Waals surface area contributed by atoms with Crippen LogP contribution in [-0.4, -0.2) is 43.8 Å². The normalized spacial score (nSPS) is 17.7. The SMILES string of the molecule is CN(C(=O)NCCc1cc(Cl)c2c(c1)OCCO2)C1CCCCCC1. The maximum absolute atomic E-state index is 12.4. The molecule has 0 bridgehead atoms. The second-order valence-electron chi connectivity index (χ2n) is 6.84. The van der Waals surface area contributed by atoms with E-state index in [9.17, 15) is 4.79 Å². The molecule has 138 valence electrons. The van der Waals surface area contributed by atoms with Crippen LogP contribution in [0, 0.1) is 0 Å². The summed E-state index contributed by atoms with van der Waals surface area (Å²) in [6, 6.07) is 4.21. The number of amides is 2. The number of fused-ring (bicyclic) bond motifs is 1. The second-order valence-corrected chi connectivity index (χ2v) is 7.25. The van der Waals surface area contributed by atoms with Crippen LogP contribution in [0.4, 0.5) is 4.79 Å². The predicted molar refractivity (Wildman–Crippen MR) is 98.8 cm³/mol. The molecule has 0 radical (unpaired) electrons. The minimum absolute atomic E-state index is 0.00976. The van der Waals surface area contributed by atoms with E-state index in [1.807, 2.05) is 24.1 Å². The van der Waals surface area contributed by atoms with Crippen LogP contribution in [0.15, 0.2) is 12.1 Å². The number of carbonyl (C=O) groups is 1. The van der Waals surface area contributed by atoms with Gasteiger partial charge >= 0.3 is 6.03 Å². The molecule has 0 atom stereocenters. The Balaban J connectivity index is 1.50. The van der Waals surface area contributed by atoms with Crippen molar-refractivity contribution in [3.8, 4) is 11.5 Å². The van der Waals surface area contributed by atoms with Crippen LogP contribution >= 0.6 is 11.6 Å². The standard InChI is InChI=1S/C19H27ClN2O3/c1-22(15-6-4-2-3-5-7-15)19(23)21-9-8-14-12-16(20)18-17(13-14)24-10-11-25-18/h12-13,15H,2-11H2,1H3,(H,21,23). The van der Waals surface area contributed by atoms with E-state index in [1.165, 1.54) is 25.7 Å². The number of carbonyl (C=O) groups excluding carboxylic acids is 1. The summed E-state index contributed by atoms with van der Waals surface area (Å²) in [5.41, 5.74) is 1.03. The number of benzene rings is 1. The number of ether oxygens (including phenoxy) is 2. The van der Waals surface area contributed by atoms with Crippen LogP contribution in [-0.2, 0) is 6.42 Å². The van der Waals surface area contributed by atoms with E-state index in [0.717, 1.165) is 18.4 Å². The summed E-state index contributed by atoms with van der Waals surface area (Å²) in [6.07, 6.45) is 7.95. The first kappa shape index (κ1) is 18.2. The fourth-order valence-electron chi connectivity index (χ4n) is 3.56. The van der Waals surface area contributed by atoms with Crippen LogP contribution in [0.1, 0.15) is 44.1 Å². The van der Waals surface area contributed by atoms with Crippen LogP contribution in [0.3, 0.4) is 0 Å². The van der Waals surface area contributed by atoms with Gasteiger partial charge < -0.3 is 19.7 Å². The van der Waals surface area contributed by atoms with Crippen molar-refractivity contribution in [2.24, 2.45) is 0 Å². The molecule has 2 amide bonds. The molecule has 1 aliphatic heterocycles. The topological polar surface area (TPSA) is 50.8 Å². The molecule has 0 spiro atoms. The highest BCUT2D eigenvalue weighted by Gasteiger charge is 2.21. The molecule has 1 saturated carbocycles. The first-order chi connectivity index (χ1) is 12.1. The lowest BCUT2D eigenvalue weighted by Gasteiger charge is -2.27. The molecular formula is C19H27ClN2O3. The Hall–Kier alpha value is -1.62. The van der Waals surface area contributed by atoms with E-state index in [1.54, 1.807) is 0 Å². The first-order valence-corrected chi connectivity index (χ1v) is 9.61. The molecule has 25 heavy (non-hydrogen) atoms. The van der Waals surface area contributed by atoms with Crippen molar-refractivity contribution in [1.82, 2.24) is 10.2 Å². The summed E-state index contributed by atoms with van der Waals surface area (Å²) in [6.45, 7) is 1.64. The molecule has 1 heterocycles. The van der Waals surface area contributed by atoms with Gasteiger partial charge in [-0.3, -0.25) is 0 Å². The van der Waals surface area contributed by atoms with Crippen LogP contribution in [0.25, 0.3) is 0 Å². The van der Waals surface area contributed by atoms with E-state index < -0.39 is 0 Å². The Kier molecular flexibility index (Phi) is 6.29. The lowest BCUT2D eigenvalue weighted by Crippen LogP contribution is -2.44. The molecular weight excluding hydrogens is 340 g/mol. The second kappa shape index (κ2) is 8.65. The summed E-state index contributed by atoms with van der Waals surface area (Å²) in [7, 11) is 1.91. The van der Waals surface area contributed by atoms with E-state index in [4.69, 9.17) is 21.1 Å². The van der Waals surface area contributed by atoms with Crippen molar-refractivity contribution in [2.75, 3.05) is 26.8 Å². The number of nitrogens with zero attached hydrogens (tertiary/aromatic N) is 1. The third kappa shape index (κ3) is 4.72. The van der Waals surface area contributed by atoms with Gasteiger partial charge in [-0.25, -0.2) is 4.79 Å². The molecule has 6 heteroatoms. The first-order valence-electron chi connectivity index (χ1n) is 9.24. The lowest BCUT2D eigenvalue weighted by molar-refractivity contribution is 0.171. The summed E-state index contributed by atoms with van der Waals surface area (Å²) in [4.78, 5) is 14.3. The third-order valence-corrected chi connectivity index (χ3v) is 5.32. The average molecular weight is 367 g/mol. The fourth-order valence-corrected chi connectivity index (χ4v) is 3.85. The van der Waals surface area contributed by atoms with Crippen molar-refractivity contribution in [3.63, 3.8) is 0 Å². The maximum Gasteiger partial charge on any atom is 0.317 e. The lowest BCUT2D eigenvalue weighted by atomic mass is 10.1. The van der Waals surface area contributed by atoms with E-state index in [0.29, 0.717) is 48.7 Å². The van der Waals surface area contributed by atoms with Gasteiger partial charge in [0, 0.05) is 19.6 Å². The smallest absolute Gasteiger partial charge is 0.317 e. The zero-order valence-electron chi connectivity index (χ0n) is 14.9. The molecule has 2 aliphatic rings. The molecule has 0 aromatic heterocycles. The van der Waals surface area contributed by atoms with Gasteiger partial charge in [0.2, 0.25) is 0 Å². The summed E-state index contributed by atoms with van der Waals surface area (Å²) < 4.78 is 11.1. The Bertz CT molecular complexity index is 601. The number of hydrogen-bond acceptors (Lipinski definition) is 3. The summed E-state index contributed by atoms with van der Waals surface area (Å²) >= 11 is 6.26. The molecule has 3 rings (SSSR count). The van der Waals surface area contributed by atoms with Gasteiger partial charge in [0.1, 0.15) is 13.2 Å². The number of hydrogen-bond donors (Lipinski definition) is 1. The Morgan fingerprint density at radius 2 is 1.92 bits per heavy atom. The maximum atomic E-state index is 12.4. The molecule has 0 unspecified atom stereocenters. The molecule has 5 nitrogen and oxygen atoms in total. The highest BCUT2D eigenvalue weighted by molar-refractivity contribution is 6.32. The van der Waals surface area contributed by atoms with Crippen LogP contribution in [0.5, 0.6) is 11.5 Å². The van der Waals surface area contributed by atoms with Crippen LogP contribution in [0.2, 0.25) is 5.02 Å². The Morgan fingerprint density at radius 3 is 2.68 bits per heavy atom. The molecule has 1 aromatic rings. The molecule has 1 N–H and O–H groups in total. The van der Waals surface area contributed by atoms with Gasteiger partial charge in [-0.05, 0) is 37.0 Å². The third-order valence-electron chi connectivity index (χ3n) is 5.04. The molecule has 1 aliphatic carbocycles. The number of halogens is 1. The predicted octanol–water partition coefficient (Wildman–Crippen LogP) is 4.02. The van der Waals surface area contributed by atoms with Gasteiger partial charge in [-0.1, -0.05) is 37.3 Å². The summed E-state index contributed by atoms with van der Waals surface area (Å²) in [5.74, 6) is 1.31. The molecule has 1 fully saturated rings. The summed E-state index contributed by atoms with van der Waals surface area (Å²) in [5, 5.41) is 3.58. The van der Waals surface area contributed by atoms with Gasteiger partial charge in [0.05, 0.1) is 5.02 Å². The van der Waals surface area contributed by atoms with E-state index >= 15 is 0 Å². The zero-order valence-corrected chi connectivity index (χ0v) is 15.6. The fraction of sp³-hybridized carbons (Fsp3) is 0.632. The van der Waals surface area contributed by atoms with Crippen molar-refractivity contribution >= 4 is 17.6 Å². The quantitative estimate of drug-likeness (QED) is 0.819. The minimum Gasteiger partial charge on any atom is -0.486 e. The number of rotatable bonds is 4. The van der Waals surface area contributed by atoms with Crippen molar-refractivity contribution in [2.45, 2.75) is 51.0 Å². The highest BCUT2D eigenvalue weighted by Crippen LogP contribution is 2.38.